The molecule has 1 heterocycles. The quantitative estimate of drug-likeness (QED) is 0.810. The number of nitrogens with zero attached hydrogens (tertiary/aromatic N) is 2. The lowest BCUT2D eigenvalue weighted by Crippen LogP contribution is -1.99. The first-order valence-corrected chi connectivity index (χ1v) is 6.76. The minimum Gasteiger partial charge on any atom is -0.339 e. The van der Waals surface area contributed by atoms with Gasteiger partial charge in [0.15, 0.2) is 5.82 Å². The van der Waals surface area contributed by atoms with Crippen LogP contribution in [0.4, 0.5) is 0 Å². The minimum absolute atomic E-state index is 0.712. The van der Waals surface area contributed by atoms with Gasteiger partial charge in [-0.05, 0) is 49.9 Å². The molecule has 0 spiro atoms. The van der Waals surface area contributed by atoms with Crippen LogP contribution in [0.2, 0.25) is 0 Å². The van der Waals surface area contributed by atoms with E-state index in [1.165, 1.54) is 16.7 Å². The molecule has 2 rings (SSSR count). The van der Waals surface area contributed by atoms with Gasteiger partial charge in [0.05, 0.1) is 0 Å². The Hall–Kier alpha value is -1.68. The van der Waals surface area contributed by atoms with Gasteiger partial charge in [0.1, 0.15) is 0 Å². The van der Waals surface area contributed by atoms with Gasteiger partial charge in [-0.3, -0.25) is 0 Å². The molecule has 0 unspecified atom stereocenters. The Labute approximate surface area is 114 Å². The summed E-state index contributed by atoms with van der Waals surface area (Å²) in [5.41, 5.74) is 9.28. The highest BCUT2D eigenvalue weighted by atomic mass is 16.5. The summed E-state index contributed by atoms with van der Waals surface area (Å²) in [6.07, 6.45) is 3.54. The molecular formula is C15H21N3O. The molecule has 0 saturated carbocycles. The second-order valence-corrected chi connectivity index (χ2v) is 4.95. The fourth-order valence-electron chi connectivity index (χ4n) is 1.98. The largest absolute Gasteiger partial charge is 0.339 e. The molecule has 1 aromatic heterocycles. The highest BCUT2D eigenvalue weighted by Gasteiger charge is 2.07. The van der Waals surface area contributed by atoms with Crippen LogP contribution >= 0.6 is 0 Å². The van der Waals surface area contributed by atoms with Crippen LogP contribution in [0.1, 0.15) is 41.2 Å². The second kappa shape index (κ2) is 6.48. The van der Waals surface area contributed by atoms with Gasteiger partial charge in [-0.25, -0.2) is 0 Å². The second-order valence-electron chi connectivity index (χ2n) is 4.95. The van der Waals surface area contributed by atoms with Crippen LogP contribution < -0.4 is 5.73 Å². The van der Waals surface area contributed by atoms with E-state index in [0.717, 1.165) is 31.5 Å². The summed E-state index contributed by atoms with van der Waals surface area (Å²) in [4.78, 5) is 4.41. The van der Waals surface area contributed by atoms with Crippen molar-refractivity contribution in [3.05, 3.63) is 46.6 Å². The number of hydrogen-bond donors (Lipinski definition) is 1. The van der Waals surface area contributed by atoms with Crippen LogP contribution in [-0.2, 0) is 12.8 Å². The summed E-state index contributed by atoms with van der Waals surface area (Å²) in [7, 11) is 0. The van der Waals surface area contributed by atoms with E-state index in [-0.39, 0.29) is 0 Å². The number of aromatic nitrogens is 2. The van der Waals surface area contributed by atoms with E-state index in [1.807, 2.05) is 0 Å². The van der Waals surface area contributed by atoms with Gasteiger partial charge in [-0.2, -0.15) is 4.98 Å². The molecule has 0 amide bonds. The lowest BCUT2D eigenvalue weighted by molar-refractivity contribution is 0.370. The molecule has 0 bridgehead atoms. The van der Waals surface area contributed by atoms with Gasteiger partial charge >= 0.3 is 0 Å². The molecule has 4 heteroatoms. The normalized spacial score (nSPS) is 10.9. The van der Waals surface area contributed by atoms with Gasteiger partial charge in [-0.1, -0.05) is 23.4 Å². The van der Waals surface area contributed by atoms with Crippen molar-refractivity contribution in [2.75, 3.05) is 6.54 Å². The Morgan fingerprint density at radius 2 is 2.00 bits per heavy atom. The van der Waals surface area contributed by atoms with E-state index in [1.54, 1.807) is 0 Å². The number of unbranched alkanes of at least 4 members (excludes halogenated alkanes) is 1. The Bertz CT molecular complexity index is 534. The van der Waals surface area contributed by atoms with Crippen molar-refractivity contribution in [2.45, 2.75) is 39.5 Å². The number of aryl methyl sites for hydroxylation is 3. The average molecular weight is 259 g/mol. The lowest BCUT2D eigenvalue weighted by atomic mass is 10.0. The maximum atomic E-state index is 5.46. The van der Waals surface area contributed by atoms with Crippen molar-refractivity contribution in [3.8, 4) is 0 Å². The SMILES string of the molecule is Cc1ccc(Cc2noc(CCCCN)n2)cc1C. The fraction of sp³-hybridized carbons (Fsp3) is 0.467. The van der Waals surface area contributed by atoms with Crippen LogP contribution in [0.25, 0.3) is 0 Å². The maximum Gasteiger partial charge on any atom is 0.226 e. The lowest BCUT2D eigenvalue weighted by Gasteiger charge is -2.02. The summed E-state index contributed by atoms with van der Waals surface area (Å²) in [6, 6.07) is 6.43. The molecular weight excluding hydrogens is 238 g/mol. The molecule has 0 aliphatic rings. The van der Waals surface area contributed by atoms with E-state index in [0.29, 0.717) is 12.4 Å². The summed E-state index contributed by atoms with van der Waals surface area (Å²) < 4.78 is 5.24. The van der Waals surface area contributed by atoms with Gasteiger partial charge in [0, 0.05) is 12.8 Å². The number of nitrogens with two attached hydrogens (primary N) is 1. The molecule has 0 aliphatic carbocycles. The van der Waals surface area contributed by atoms with Crippen molar-refractivity contribution in [2.24, 2.45) is 5.73 Å². The molecule has 102 valence electrons. The Morgan fingerprint density at radius 3 is 2.74 bits per heavy atom. The highest BCUT2D eigenvalue weighted by Crippen LogP contribution is 2.13. The van der Waals surface area contributed by atoms with E-state index >= 15 is 0 Å². The summed E-state index contributed by atoms with van der Waals surface area (Å²) in [5, 5.41) is 4.02. The summed E-state index contributed by atoms with van der Waals surface area (Å²) in [5.74, 6) is 1.47. The van der Waals surface area contributed by atoms with E-state index in [2.05, 4.69) is 42.2 Å². The van der Waals surface area contributed by atoms with Crippen molar-refractivity contribution >= 4 is 0 Å². The molecule has 0 radical (unpaired) electrons. The molecule has 1 aromatic carbocycles. The molecule has 2 aromatic rings. The van der Waals surface area contributed by atoms with Crippen molar-refractivity contribution < 1.29 is 4.52 Å². The van der Waals surface area contributed by atoms with Gasteiger partial charge in [0.2, 0.25) is 5.89 Å². The zero-order chi connectivity index (χ0) is 13.7. The van der Waals surface area contributed by atoms with Gasteiger partial charge < -0.3 is 10.3 Å². The van der Waals surface area contributed by atoms with E-state index < -0.39 is 0 Å². The molecule has 0 fully saturated rings. The predicted octanol–water partition coefficient (Wildman–Crippen LogP) is 2.56. The van der Waals surface area contributed by atoms with Gasteiger partial charge in [-0.15, -0.1) is 0 Å². The highest BCUT2D eigenvalue weighted by molar-refractivity contribution is 5.31. The molecule has 0 aliphatic heterocycles. The third-order valence-corrected chi connectivity index (χ3v) is 3.29. The first-order valence-electron chi connectivity index (χ1n) is 6.76. The molecule has 0 atom stereocenters. The average Bonchev–Trinajstić information content (AvgIpc) is 2.82. The zero-order valence-electron chi connectivity index (χ0n) is 11.6. The Morgan fingerprint density at radius 1 is 1.16 bits per heavy atom. The molecule has 2 N–H and O–H groups in total. The van der Waals surface area contributed by atoms with Crippen LogP contribution in [0.3, 0.4) is 0 Å². The van der Waals surface area contributed by atoms with Crippen LogP contribution in [-0.4, -0.2) is 16.7 Å². The molecule has 4 nitrogen and oxygen atoms in total. The van der Waals surface area contributed by atoms with E-state index in [9.17, 15) is 0 Å². The van der Waals surface area contributed by atoms with Crippen LogP contribution in [0.5, 0.6) is 0 Å². The maximum absolute atomic E-state index is 5.46. The summed E-state index contributed by atoms with van der Waals surface area (Å²) >= 11 is 0. The predicted molar refractivity (Wildman–Crippen MR) is 75.0 cm³/mol. The number of benzene rings is 1. The Kier molecular flexibility index (Phi) is 4.68. The molecule has 19 heavy (non-hydrogen) atoms. The van der Waals surface area contributed by atoms with Crippen LogP contribution in [0, 0.1) is 13.8 Å². The van der Waals surface area contributed by atoms with Crippen molar-refractivity contribution in [1.82, 2.24) is 10.1 Å². The Balaban J connectivity index is 1.97. The van der Waals surface area contributed by atoms with Crippen LogP contribution in [0.15, 0.2) is 22.7 Å². The number of rotatable bonds is 6. The van der Waals surface area contributed by atoms with Crippen molar-refractivity contribution in [1.29, 1.82) is 0 Å². The topological polar surface area (TPSA) is 64.9 Å². The summed E-state index contributed by atoms with van der Waals surface area (Å²) in [6.45, 7) is 4.94. The number of hydrogen-bond acceptors (Lipinski definition) is 4. The minimum atomic E-state index is 0.712. The zero-order valence-corrected chi connectivity index (χ0v) is 11.6. The monoisotopic (exact) mass is 259 g/mol. The molecule has 0 saturated heterocycles. The third-order valence-electron chi connectivity index (χ3n) is 3.29. The fourth-order valence-corrected chi connectivity index (χ4v) is 1.98. The van der Waals surface area contributed by atoms with E-state index in [4.69, 9.17) is 10.3 Å². The standard InChI is InChI=1S/C15H21N3O/c1-11-6-7-13(9-12(11)2)10-14-17-15(19-18-14)5-3-4-8-16/h6-7,9H,3-5,8,10,16H2,1-2H3. The smallest absolute Gasteiger partial charge is 0.226 e. The third kappa shape index (κ3) is 3.89. The first kappa shape index (κ1) is 13.7. The first-order chi connectivity index (χ1) is 9.19. The van der Waals surface area contributed by atoms with Crippen molar-refractivity contribution in [3.63, 3.8) is 0 Å². The van der Waals surface area contributed by atoms with Gasteiger partial charge in [0.25, 0.3) is 0 Å².